The molecule has 0 aromatic heterocycles. The van der Waals surface area contributed by atoms with E-state index in [4.69, 9.17) is 11.6 Å². The molecular formula is C14H20ClN. The second kappa shape index (κ2) is 4.38. The second-order valence-electron chi connectivity index (χ2n) is 5.29. The molecule has 1 aliphatic rings. The molecule has 0 bridgehead atoms. The number of halogens is 1. The third kappa shape index (κ3) is 2.41. The maximum atomic E-state index is 6.19. The molecule has 1 aromatic rings. The molecule has 1 fully saturated rings. The molecule has 0 amide bonds. The first-order chi connectivity index (χ1) is 7.53. The highest BCUT2D eigenvalue weighted by atomic mass is 35.5. The van der Waals surface area contributed by atoms with Crippen molar-refractivity contribution in [2.24, 2.45) is 5.41 Å². The van der Waals surface area contributed by atoms with Crippen LogP contribution in [0.4, 0.5) is 0 Å². The molecule has 0 spiro atoms. The molecule has 0 radical (unpaired) electrons. The van der Waals surface area contributed by atoms with Crippen LogP contribution in [0.2, 0.25) is 5.02 Å². The van der Waals surface area contributed by atoms with Crippen molar-refractivity contribution in [2.45, 2.75) is 45.7 Å². The molecule has 0 saturated heterocycles. The van der Waals surface area contributed by atoms with Gasteiger partial charge < -0.3 is 5.32 Å². The zero-order chi connectivity index (χ0) is 11.8. The fourth-order valence-electron chi connectivity index (χ4n) is 2.12. The summed E-state index contributed by atoms with van der Waals surface area (Å²) in [7, 11) is 0. The lowest BCUT2D eigenvalue weighted by Gasteiger charge is -2.25. The normalized spacial score (nSPS) is 21.5. The molecule has 1 nitrogen and oxygen atoms in total. The summed E-state index contributed by atoms with van der Waals surface area (Å²) < 4.78 is 0. The van der Waals surface area contributed by atoms with Gasteiger partial charge in [0.05, 0.1) is 0 Å². The standard InChI is InChI=1S/C14H20ClN/c1-10(12-6-4-5-7-13(12)15)16-11(2)14(3)8-9-14/h4-7,10-11,16H,8-9H2,1-3H3/t10-,11?/m0/s1. The summed E-state index contributed by atoms with van der Waals surface area (Å²) in [6.07, 6.45) is 2.69. The van der Waals surface area contributed by atoms with E-state index in [0.29, 0.717) is 17.5 Å². The quantitative estimate of drug-likeness (QED) is 0.829. The topological polar surface area (TPSA) is 12.0 Å². The van der Waals surface area contributed by atoms with Crippen LogP contribution in [0.1, 0.15) is 45.2 Å². The maximum Gasteiger partial charge on any atom is 0.0453 e. The van der Waals surface area contributed by atoms with Crippen LogP contribution in [0.5, 0.6) is 0 Å². The van der Waals surface area contributed by atoms with Crippen molar-refractivity contribution in [1.82, 2.24) is 5.32 Å². The number of hydrogen-bond acceptors (Lipinski definition) is 1. The van der Waals surface area contributed by atoms with Gasteiger partial charge in [-0.05, 0) is 43.7 Å². The van der Waals surface area contributed by atoms with Gasteiger partial charge in [-0.1, -0.05) is 36.7 Å². The summed E-state index contributed by atoms with van der Waals surface area (Å²) in [4.78, 5) is 0. The minimum atomic E-state index is 0.320. The summed E-state index contributed by atoms with van der Waals surface area (Å²) in [5.74, 6) is 0. The Morgan fingerprint density at radius 3 is 2.44 bits per heavy atom. The lowest BCUT2D eigenvalue weighted by molar-refractivity contribution is 0.350. The molecule has 2 rings (SSSR count). The predicted octanol–water partition coefficient (Wildman–Crippen LogP) is 4.18. The summed E-state index contributed by atoms with van der Waals surface area (Å²) in [6, 6.07) is 8.95. The van der Waals surface area contributed by atoms with Gasteiger partial charge in [0.2, 0.25) is 0 Å². The highest BCUT2D eigenvalue weighted by molar-refractivity contribution is 6.31. The van der Waals surface area contributed by atoms with Crippen molar-refractivity contribution >= 4 is 11.6 Å². The Balaban J connectivity index is 2.03. The zero-order valence-electron chi connectivity index (χ0n) is 10.3. The average Bonchev–Trinajstić information content (AvgIpc) is 2.98. The summed E-state index contributed by atoms with van der Waals surface area (Å²) >= 11 is 6.19. The lowest BCUT2D eigenvalue weighted by atomic mass is 9.98. The average molecular weight is 238 g/mol. The minimum Gasteiger partial charge on any atom is -0.307 e. The van der Waals surface area contributed by atoms with Crippen LogP contribution in [0.3, 0.4) is 0 Å². The maximum absolute atomic E-state index is 6.19. The smallest absolute Gasteiger partial charge is 0.0453 e. The van der Waals surface area contributed by atoms with Crippen molar-refractivity contribution in [2.75, 3.05) is 0 Å². The third-order valence-electron chi connectivity index (χ3n) is 3.96. The molecule has 1 saturated carbocycles. The first-order valence-corrected chi connectivity index (χ1v) is 6.41. The molecule has 0 aliphatic heterocycles. The summed E-state index contributed by atoms with van der Waals surface area (Å²) in [6.45, 7) is 6.81. The van der Waals surface area contributed by atoms with E-state index < -0.39 is 0 Å². The van der Waals surface area contributed by atoms with Crippen molar-refractivity contribution in [3.8, 4) is 0 Å². The Hall–Kier alpha value is -0.530. The summed E-state index contributed by atoms with van der Waals surface area (Å²) in [5.41, 5.74) is 1.70. The van der Waals surface area contributed by atoms with E-state index in [2.05, 4.69) is 32.2 Å². The van der Waals surface area contributed by atoms with Crippen LogP contribution in [0.15, 0.2) is 24.3 Å². The Bertz CT molecular complexity index is 371. The van der Waals surface area contributed by atoms with E-state index in [1.807, 2.05) is 18.2 Å². The van der Waals surface area contributed by atoms with Crippen LogP contribution < -0.4 is 5.32 Å². The van der Waals surface area contributed by atoms with Crippen LogP contribution in [0, 0.1) is 5.41 Å². The van der Waals surface area contributed by atoms with E-state index in [1.54, 1.807) is 0 Å². The fraction of sp³-hybridized carbons (Fsp3) is 0.571. The zero-order valence-corrected chi connectivity index (χ0v) is 11.0. The van der Waals surface area contributed by atoms with Crippen LogP contribution in [-0.4, -0.2) is 6.04 Å². The van der Waals surface area contributed by atoms with Gasteiger partial charge in [0.25, 0.3) is 0 Å². The molecule has 1 aliphatic carbocycles. The van der Waals surface area contributed by atoms with Gasteiger partial charge in [-0.2, -0.15) is 0 Å². The second-order valence-corrected chi connectivity index (χ2v) is 5.69. The SMILES string of the molecule is CC(N[C@@H](C)c1ccccc1Cl)C1(C)CC1. The Morgan fingerprint density at radius 2 is 1.88 bits per heavy atom. The van der Waals surface area contributed by atoms with Crippen LogP contribution in [0.25, 0.3) is 0 Å². The van der Waals surface area contributed by atoms with E-state index in [-0.39, 0.29) is 0 Å². The molecule has 2 heteroatoms. The van der Waals surface area contributed by atoms with Gasteiger partial charge in [0.15, 0.2) is 0 Å². The van der Waals surface area contributed by atoms with Crippen molar-refractivity contribution < 1.29 is 0 Å². The number of hydrogen-bond donors (Lipinski definition) is 1. The molecule has 1 N–H and O–H groups in total. The van der Waals surface area contributed by atoms with Gasteiger partial charge in [0, 0.05) is 17.1 Å². The van der Waals surface area contributed by atoms with Gasteiger partial charge in [-0.25, -0.2) is 0 Å². The van der Waals surface area contributed by atoms with Gasteiger partial charge in [-0.15, -0.1) is 0 Å². The Morgan fingerprint density at radius 1 is 1.25 bits per heavy atom. The molecule has 88 valence electrons. The molecule has 1 aromatic carbocycles. The monoisotopic (exact) mass is 237 g/mol. The molecule has 0 heterocycles. The van der Waals surface area contributed by atoms with E-state index in [0.717, 1.165) is 5.02 Å². The first kappa shape index (κ1) is 11.9. The number of benzene rings is 1. The van der Waals surface area contributed by atoms with E-state index >= 15 is 0 Å². The Kier molecular flexibility index (Phi) is 3.27. The highest BCUT2D eigenvalue weighted by Crippen LogP contribution is 2.48. The lowest BCUT2D eigenvalue weighted by Crippen LogP contribution is -2.35. The molecule has 1 unspecified atom stereocenters. The van der Waals surface area contributed by atoms with Crippen molar-refractivity contribution in [3.05, 3.63) is 34.9 Å². The van der Waals surface area contributed by atoms with Gasteiger partial charge in [-0.3, -0.25) is 0 Å². The summed E-state index contributed by atoms with van der Waals surface area (Å²) in [5, 5.41) is 4.51. The van der Waals surface area contributed by atoms with Gasteiger partial charge in [0.1, 0.15) is 0 Å². The number of nitrogens with one attached hydrogen (secondary N) is 1. The predicted molar refractivity (Wildman–Crippen MR) is 69.8 cm³/mol. The van der Waals surface area contributed by atoms with Crippen LogP contribution >= 0.6 is 11.6 Å². The van der Waals surface area contributed by atoms with Gasteiger partial charge >= 0.3 is 0 Å². The van der Waals surface area contributed by atoms with Crippen LogP contribution in [-0.2, 0) is 0 Å². The minimum absolute atomic E-state index is 0.320. The molecule has 2 atom stereocenters. The molecular weight excluding hydrogens is 218 g/mol. The molecule has 16 heavy (non-hydrogen) atoms. The largest absolute Gasteiger partial charge is 0.307 e. The number of rotatable bonds is 4. The highest BCUT2D eigenvalue weighted by Gasteiger charge is 2.42. The first-order valence-electron chi connectivity index (χ1n) is 6.03. The van der Waals surface area contributed by atoms with E-state index in [9.17, 15) is 0 Å². The van der Waals surface area contributed by atoms with Crippen molar-refractivity contribution in [1.29, 1.82) is 0 Å². The Labute approximate surface area is 103 Å². The fourth-order valence-corrected chi connectivity index (χ4v) is 2.42. The third-order valence-corrected chi connectivity index (χ3v) is 4.30. The van der Waals surface area contributed by atoms with E-state index in [1.165, 1.54) is 18.4 Å². The van der Waals surface area contributed by atoms with Crippen molar-refractivity contribution in [3.63, 3.8) is 0 Å².